The van der Waals surface area contributed by atoms with Crippen molar-refractivity contribution in [3.63, 3.8) is 0 Å². The van der Waals surface area contributed by atoms with E-state index >= 15 is 0 Å². The summed E-state index contributed by atoms with van der Waals surface area (Å²) in [4.78, 5) is 14.4. The molecule has 3 aromatic rings. The van der Waals surface area contributed by atoms with Crippen LogP contribution in [0.3, 0.4) is 0 Å². The first kappa shape index (κ1) is 18.7. The van der Waals surface area contributed by atoms with Gasteiger partial charge in [-0.2, -0.15) is 0 Å². The lowest BCUT2D eigenvalue weighted by Crippen LogP contribution is -2.36. The maximum absolute atomic E-state index is 4.61. The van der Waals surface area contributed by atoms with E-state index in [0.717, 1.165) is 22.3 Å². The zero-order valence-corrected chi connectivity index (χ0v) is 17.1. The Bertz CT molecular complexity index is 838. The summed E-state index contributed by atoms with van der Waals surface area (Å²) in [6, 6.07) is 6.10. The van der Waals surface area contributed by atoms with Crippen LogP contribution in [0.4, 0.5) is 0 Å². The van der Waals surface area contributed by atoms with Crippen LogP contribution in [-0.4, -0.2) is 27.4 Å². The highest BCUT2D eigenvalue weighted by atomic mass is 127. The minimum Gasteiger partial charge on any atom is -0.351 e. The lowest BCUT2D eigenvalue weighted by atomic mass is 10.4. The second-order valence-electron chi connectivity index (χ2n) is 5.27. The van der Waals surface area contributed by atoms with Crippen molar-refractivity contribution in [2.45, 2.75) is 26.9 Å². The number of pyridine rings is 1. The lowest BCUT2D eigenvalue weighted by molar-refractivity contribution is 0.795. The van der Waals surface area contributed by atoms with Gasteiger partial charge < -0.3 is 15.0 Å². The Hall–Kier alpha value is -1.68. The van der Waals surface area contributed by atoms with Crippen LogP contribution in [0.2, 0.25) is 0 Å². The van der Waals surface area contributed by atoms with Crippen molar-refractivity contribution in [3.8, 4) is 0 Å². The number of halogens is 1. The average Bonchev–Trinajstić information content (AvgIpc) is 3.14. The van der Waals surface area contributed by atoms with Gasteiger partial charge in [-0.25, -0.2) is 9.97 Å². The van der Waals surface area contributed by atoms with Crippen molar-refractivity contribution in [2.24, 2.45) is 4.99 Å². The Morgan fingerprint density at radius 2 is 2.04 bits per heavy atom. The van der Waals surface area contributed by atoms with Gasteiger partial charge in [0, 0.05) is 30.0 Å². The van der Waals surface area contributed by atoms with Crippen LogP contribution in [0.15, 0.2) is 35.6 Å². The molecule has 2 N–H and O–H groups in total. The van der Waals surface area contributed by atoms with Crippen molar-refractivity contribution in [3.05, 3.63) is 51.9 Å². The molecule has 0 bridgehead atoms. The highest BCUT2D eigenvalue weighted by molar-refractivity contribution is 14.0. The van der Waals surface area contributed by atoms with Gasteiger partial charge in [0.05, 0.1) is 18.8 Å². The lowest BCUT2D eigenvalue weighted by Gasteiger charge is -2.09. The highest BCUT2D eigenvalue weighted by Gasteiger charge is 2.05. The summed E-state index contributed by atoms with van der Waals surface area (Å²) in [6.45, 7) is 5.42. The minimum atomic E-state index is 0. The number of imidazole rings is 1. The molecule has 0 fully saturated rings. The van der Waals surface area contributed by atoms with Gasteiger partial charge in [-0.05, 0) is 26.0 Å². The van der Waals surface area contributed by atoms with E-state index in [0.29, 0.717) is 13.1 Å². The summed E-state index contributed by atoms with van der Waals surface area (Å²) in [5, 5.41) is 7.60. The topological polar surface area (TPSA) is 66.6 Å². The Morgan fingerprint density at radius 3 is 2.71 bits per heavy atom. The van der Waals surface area contributed by atoms with E-state index in [2.05, 4.69) is 56.1 Å². The van der Waals surface area contributed by atoms with Crippen molar-refractivity contribution in [1.82, 2.24) is 25.0 Å². The number of nitrogens with zero attached hydrogens (tertiary/aromatic N) is 4. The molecule has 0 atom stereocenters. The van der Waals surface area contributed by atoms with E-state index in [9.17, 15) is 0 Å². The summed E-state index contributed by atoms with van der Waals surface area (Å²) in [5.74, 6) is 0.742. The second kappa shape index (κ2) is 8.43. The Morgan fingerprint density at radius 1 is 1.25 bits per heavy atom. The van der Waals surface area contributed by atoms with E-state index in [-0.39, 0.29) is 24.0 Å². The first-order valence-corrected chi connectivity index (χ1v) is 8.27. The third kappa shape index (κ3) is 4.44. The molecule has 0 saturated carbocycles. The van der Waals surface area contributed by atoms with Crippen molar-refractivity contribution >= 4 is 46.9 Å². The molecule has 6 nitrogen and oxygen atoms in total. The number of hydrogen-bond donors (Lipinski definition) is 2. The molecule has 128 valence electrons. The predicted molar refractivity (Wildman–Crippen MR) is 109 cm³/mol. The van der Waals surface area contributed by atoms with Crippen LogP contribution in [0, 0.1) is 13.8 Å². The van der Waals surface area contributed by atoms with Gasteiger partial charge in [0.15, 0.2) is 5.96 Å². The maximum Gasteiger partial charge on any atom is 0.191 e. The van der Waals surface area contributed by atoms with Crippen LogP contribution in [-0.2, 0) is 13.1 Å². The number of hydrogen-bond acceptors (Lipinski definition) is 4. The van der Waals surface area contributed by atoms with Crippen molar-refractivity contribution in [2.75, 3.05) is 7.05 Å². The third-order valence-electron chi connectivity index (χ3n) is 3.48. The number of thiazole rings is 1. The van der Waals surface area contributed by atoms with Gasteiger partial charge in [0.2, 0.25) is 0 Å². The minimum absolute atomic E-state index is 0. The molecule has 3 aromatic heterocycles. The SMILES string of the molecule is CN=C(NCc1cn2c(C)cccc2n1)NCc1ncc(C)s1.I. The number of guanidine groups is 1. The summed E-state index contributed by atoms with van der Waals surface area (Å²) >= 11 is 1.69. The van der Waals surface area contributed by atoms with Crippen LogP contribution in [0.25, 0.3) is 5.65 Å². The number of aromatic nitrogens is 3. The van der Waals surface area contributed by atoms with Gasteiger partial charge in [0.1, 0.15) is 10.7 Å². The van der Waals surface area contributed by atoms with Crippen LogP contribution >= 0.6 is 35.3 Å². The van der Waals surface area contributed by atoms with E-state index in [1.165, 1.54) is 10.6 Å². The van der Waals surface area contributed by atoms with Gasteiger partial charge in [-0.3, -0.25) is 4.99 Å². The van der Waals surface area contributed by atoms with Crippen molar-refractivity contribution in [1.29, 1.82) is 0 Å². The monoisotopic (exact) mass is 456 g/mol. The summed E-state index contributed by atoms with van der Waals surface area (Å²) < 4.78 is 2.09. The van der Waals surface area contributed by atoms with E-state index in [4.69, 9.17) is 0 Å². The molecule has 3 heterocycles. The quantitative estimate of drug-likeness (QED) is 0.360. The molecule has 0 radical (unpaired) electrons. The molecule has 0 aliphatic heterocycles. The zero-order chi connectivity index (χ0) is 16.2. The number of rotatable bonds is 4. The Kier molecular flexibility index (Phi) is 6.55. The summed E-state index contributed by atoms with van der Waals surface area (Å²) in [6.07, 6.45) is 3.94. The van der Waals surface area contributed by atoms with Crippen LogP contribution < -0.4 is 10.6 Å². The molecular weight excluding hydrogens is 435 g/mol. The van der Waals surface area contributed by atoms with Gasteiger partial charge in [-0.15, -0.1) is 35.3 Å². The van der Waals surface area contributed by atoms with Crippen molar-refractivity contribution < 1.29 is 0 Å². The Balaban J connectivity index is 0.00000208. The molecule has 0 unspecified atom stereocenters. The van der Waals surface area contributed by atoms with E-state index in [1.54, 1.807) is 18.4 Å². The standard InChI is InChI=1S/C16H20N6S.HI/c1-11-5-4-6-14-21-13(10-22(11)14)8-19-16(17-3)20-9-15-18-7-12(2)23-15;/h4-7,10H,8-9H2,1-3H3,(H2,17,19,20);1H. The zero-order valence-electron chi connectivity index (χ0n) is 13.9. The molecule has 0 amide bonds. The first-order chi connectivity index (χ1) is 11.2. The number of aliphatic imine (C=N–C) groups is 1. The molecule has 0 saturated heterocycles. The maximum atomic E-state index is 4.61. The molecular formula is C16H21IN6S. The smallest absolute Gasteiger partial charge is 0.191 e. The second-order valence-corrected chi connectivity index (χ2v) is 6.59. The molecule has 0 spiro atoms. The molecule has 0 aromatic carbocycles. The van der Waals surface area contributed by atoms with Gasteiger partial charge in [0.25, 0.3) is 0 Å². The number of fused-ring (bicyclic) bond motifs is 1. The molecule has 0 aliphatic carbocycles. The molecule has 0 aliphatic rings. The fraction of sp³-hybridized carbons (Fsp3) is 0.312. The first-order valence-electron chi connectivity index (χ1n) is 7.45. The molecule has 8 heteroatoms. The fourth-order valence-electron chi connectivity index (χ4n) is 2.32. The van der Waals surface area contributed by atoms with E-state index < -0.39 is 0 Å². The normalized spacial score (nSPS) is 11.4. The summed E-state index contributed by atoms with van der Waals surface area (Å²) in [7, 11) is 1.76. The fourth-order valence-corrected chi connectivity index (χ4v) is 3.05. The molecule has 3 rings (SSSR count). The van der Waals surface area contributed by atoms with E-state index in [1.807, 2.05) is 18.3 Å². The van der Waals surface area contributed by atoms with Gasteiger partial charge >= 0.3 is 0 Å². The highest BCUT2D eigenvalue weighted by Crippen LogP contribution is 2.10. The van der Waals surface area contributed by atoms with Crippen LogP contribution in [0.5, 0.6) is 0 Å². The summed E-state index contributed by atoms with van der Waals surface area (Å²) in [5.41, 5.74) is 3.11. The van der Waals surface area contributed by atoms with Crippen LogP contribution in [0.1, 0.15) is 21.3 Å². The number of aryl methyl sites for hydroxylation is 2. The predicted octanol–water partition coefficient (Wildman–Crippen LogP) is 2.89. The number of nitrogens with one attached hydrogen (secondary N) is 2. The third-order valence-corrected chi connectivity index (χ3v) is 4.40. The largest absolute Gasteiger partial charge is 0.351 e. The Labute approximate surface area is 162 Å². The average molecular weight is 456 g/mol. The molecule has 24 heavy (non-hydrogen) atoms. The van der Waals surface area contributed by atoms with Gasteiger partial charge in [-0.1, -0.05) is 6.07 Å².